The second-order valence-electron chi connectivity index (χ2n) is 7.05. The van der Waals surface area contributed by atoms with Crippen LogP contribution < -0.4 is 14.8 Å². The smallest absolute Gasteiger partial charge is 0.276 e. The number of nitro benzene ring substituents is 1. The van der Waals surface area contributed by atoms with E-state index in [-0.39, 0.29) is 34.6 Å². The van der Waals surface area contributed by atoms with Gasteiger partial charge in [-0.2, -0.15) is 5.10 Å². The first-order chi connectivity index (χ1) is 16.8. The standard InChI is InChI=1S/C23H15Cl3N4O5/c24-14-4-6-17(7-5-14)35-18-11-15(10-16(12-18)30(32)33)27-23(31)20-8-9-29(28-20)13-34-21-3-1-2-19(25)22(21)26/h1-12H,13H2,(H,27,31). The summed E-state index contributed by atoms with van der Waals surface area (Å²) in [5.41, 5.74) is -0.0359. The molecule has 0 aliphatic carbocycles. The molecule has 35 heavy (non-hydrogen) atoms. The van der Waals surface area contributed by atoms with Gasteiger partial charge in [-0.25, -0.2) is 4.68 Å². The highest BCUT2D eigenvalue weighted by Gasteiger charge is 2.16. The van der Waals surface area contributed by atoms with Crippen LogP contribution in [-0.4, -0.2) is 20.6 Å². The SMILES string of the molecule is O=C(Nc1cc(Oc2ccc(Cl)cc2)cc([N+](=O)[O-])c1)c1ccn(COc2cccc(Cl)c2Cl)n1. The third-order valence-electron chi connectivity index (χ3n) is 4.55. The molecule has 0 unspecified atom stereocenters. The van der Waals surface area contributed by atoms with Gasteiger partial charge in [-0.15, -0.1) is 0 Å². The third-order valence-corrected chi connectivity index (χ3v) is 5.60. The van der Waals surface area contributed by atoms with Crippen molar-refractivity contribution in [3.63, 3.8) is 0 Å². The van der Waals surface area contributed by atoms with Crippen molar-refractivity contribution in [2.45, 2.75) is 6.73 Å². The van der Waals surface area contributed by atoms with Gasteiger partial charge < -0.3 is 14.8 Å². The van der Waals surface area contributed by atoms with Gasteiger partial charge in [-0.05, 0) is 42.5 Å². The monoisotopic (exact) mass is 532 g/mol. The molecular weight excluding hydrogens is 519 g/mol. The van der Waals surface area contributed by atoms with Gasteiger partial charge in [0.15, 0.2) is 12.4 Å². The molecule has 0 aliphatic heterocycles. The summed E-state index contributed by atoms with van der Waals surface area (Å²) in [5.74, 6) is 0.368. The Morgan fingerprint density at radius 2 is 1.80 bits per heavy atom. The van der Waals surface area contributed by atoms with Crippen molar-refractivity contribution < 1.29 is 19.2 Å². The zero-order valence-corrected chi connectivity index (χ0v) is 19.9. The van der Waals surface area contributed by atoms with Crippen LogP contribution in [0.2, 0.25) is 15.1 Å². The van der Waals surface area contributed by atoms with Gasteiger partial charge in [0.25, 0.3) is 11.6 Å². The maximum Gasteiger partial charge on any atom is 0.276 e. The Bertz CT molecular complexity index is 1390. The normalized spacial score (nSPS) is 10.6. The lowest BCUT2D eigenvalue weighted by molar-refractivity contribution is -0.384. The molecule has 0 fully saturated rings. The predicted octanol–water partition coefficient (Wildman–Crippen LogP) is 6.83. The molecule has 1 N–H and O–H groups in total. The minimum absolute atomic E-state index is 0.0246. The molecule has 4 rings (SSSR count). The number of ether oxygens (including phenoxy) is 2. The van der Waals surface area contributed by atoms with Gasteiger partial charge in [0.2, 0.25) is 0 Å². The second kappa shape index (κ2) is 10.6. The molecule has 0 saturated carbocycles. The summed E-state index contributed by atoms with van der Waals surface area (Å²) in [6.45, 7) is -0.0246. The average molecular weight is 534 g/mol. The number of halogens is 3. The van der Waals surface area contributed by atoms with Crippen LogP contribution in [0.5, 0.6) is 17.2 Å². The van der Waals surface area contributed by atoms with Crippen molar-refractivity contribution >= 4 is 52.1 Å². The number of rotatable bonds is 8. The molecule has 9 nitrogen and oxygen atoms in total. The van der Waals surface area contributed by atoms with Gasteiger partial charge in [-0.3, -0.25) is 14.9 Å². The molecule has 1 amide bonds. The van der Waals surface area contributed by atoms with E-state index in [0.29, 0.717) is 21.5 Å². The Balaban J connectivity index is 1.46. The van der Waals surface area contributed by atoms with Gasteiger partial charge in [-0.1, -0.05) is 40.9 Å². The Morgan fingerprint density at radius 1 is 1.03 bits per heavy atom. The lowest BCUT2D eigenvalue weighted by Gasteiger charge is -2.09. The van der Waals surface area contributed by atoms with E-state index >= 15 is 0 Å². The molecule has 3 aromatic carbocycles. The fraction of sp³-hybridized carbons (Fsp3) is 0.0435. The van der Waals surface area contributed by atoms with Crippen molar-refractivity contribution in [1.82, 2.24) is 9.78 Å². The van der Waals surface area contributed by atoms with Crippen molar-refractivity contribution in [3.05, 3.63) is 104 Å². The number of amides is 1. The number of carbonyl (C=O) groups excluding carboxylic acids is 1. The fourth-order valence-electron chi connectivity index (χ4n) is 2.94. The van der Waals surface area contributed by atoms with E-state index < -0.39 is 10.8 Å². The van der Waals surface area contributed by atoms with E-state index in [4.69, 9.17) is 44.3 Å². The van der Waals surface area contributed by atoms with Crippen LogP contribution in [0.25, 0.3) is 0 Å². The Labute approximate surface area is 213 Å². The highest BCUT2D eigenvalue weighted by Crippen LogP contribution is 2.32. The molecule has 0 spiro atoms. The predicted molar refractivity (Wildman–Crippen MR) is 132 cm³/mol. The van der Waals surface area contributed by atoms with E-state index in [1.54, 1.807) is 42.5 Å². The van der Waals surface area contributed by atoms with Gasteiger partial charge >= 0.3 is 0 Å². The fourth-order valence-corrected chi connectivity index (χ4v) is 3.41. The molecule has 1 aromatic heterocycles. The van der Waals surface area contributed by atoms with Gasteiger partial charge in [0, 0.05) is 23.4 Å². The number of nitrogens with one attached hydrogen (secondary N) is 1. The van der Waals surface area contributed by atoms with Crippen molar-refractivity contribution in [2.75, 3.05) is 5.32 Å². The third kappa shape index (κ3) is 6.21. The number of anilines is 1. The van der Waals surface area contributed by atoms with Crippen molar-refractivity contribution in [1.29, 1.82) is 0 Å². The number of hydrogen-bond donors (Lipinski definition) is 1. The highest BCUT2D eigenvalue weighted by atomic mass is 35.5. The minimum atomic E-state index is -0.586. The summed E-state index contributed by atoms with van der Waals surface area (Å²) in [6, 6.07) is 16.8. The average Bonchev–Trinajstić information content (AvgIpc) is 3.31. The summed E-state index contributed by atoms with van der Waals surface area (Å²) in [7, 11) is 0. The van der Waals surface area contributed by atoms with Crippen LogP contribution in [0.4, 0.5) is 11.4 Å². The molecule has 12 heteroatoms. The number of aromatic nitrogens is 2. The van der Waals surface area contributed by atoms with E-state index in [2.05, 4.69) is 10.4 Å². The minimum Gasteiger partial charge on any atom is -0.470 e. The topological polar surface area (TPSA) is 109 Å². The molecular formula is C23H15Cl3N4O5. The molecule has 0 atom stereocenters. The largest absolute Gasteiger partial charge is 0.470 e. The van der Waals surface area contributed by atoms with Crippen molar-refractivity contribution in [2.24, 2.45) is 0 Å². The molecule has 0 radical (unpaired) electrons. The van der Waals surface area contributed by atoms with Gasteiger partial charge in [0.1, 0.15) is 22.3 Å². The summed E-state index contributed by atoms with van der Waals surface area (Å²) < 4.78 is 12.7. The summed E-state index contributed by atoms with van der Waals surface area (Å²) in [6.07, 6.45) is 1.54. The molecule has 178 valence electrons. The number of carbonyl (C=O) groups is 1. The van der Waals surface area contributed by atoms with Crippen LogP contribution in [0, 0.1) is 10.1 Å². The molecule has 4 aromatic rings. The van der Waals surface area contributed by atoms with Gasteiger partial charge in [0.05, 0.1) is 21.7 Å². The zero-order chi connectivity index (χ0) is 24.9. The molecule has 1 heterocycles. The van der Waals surface area contributed by atoms with E-state index in [1.807, 2.05) is 0 Å². The van der Waals surface area contributed by atoms with Crippen LogP contribution in [-0.2, 0) is 6.73 Å². The maximum atomic E-state index is 12.7. The number of nitrogens with zero attached hydrogens (tertiary/aromatic N) is 3. The Morgan fingerprint density at radius 3 is 2.54 bits per heavy atom. The number of nitro groups is 1. The van der Waals surface area contributed by atoms with Crippen LogP contribution in [0.1, 0.15) is 10.5 Å². The van der Waals surface area contributed by atoms with E-state index in [9.17, 15) is 14.9 Å². The quantitative estimate of drug-likeness (QED) is 0.196. The van der Waals surface area contributed by atoms with Crippen molar-refractivity contribution in [3.8, 4) is 17.2 Å². The zero-order valence-electron chi connectivity index (χ0n) is 17.7. The van der Waals surface area contributed by atoms with Crippen LogP contribution in [0.15, 0.2) is 72.9 Å². The molecule has 0 bridgehead atoms. The number of hydrogen-bond acceptors (Lipinski definition) is 6. The maximum absolute atomic E-state index is 12.7. The van der Waals surface area contributed by atoms with E-state index in [1.165, 1.54) is 35.1 Å². The van der Waals surface area contributed by atoms with Crippen LogP contribution in [0.3, 0.4) is 0 Å². The molecule has 0 aliphatic rings. The Kier molecular flexibility index (Phi) is 7.40. The summed E-state index contributed by atoms with van der Waals surface area (Å²) in [5, 5.41) is 19.2. The highest BCUT2D eigenvalue weighted by molar-refractivity contribution is 6.42. The first-order valence-electron chi connectivity index (χ1n) is 9.93. The number of benzene rings is 3. The molecule has 0 saturated heterocycles. The first kappa shape index (κ1) is 24.3. The Hall–Kier alpha value is -3.79. The number of non-ortho nitro benzene ring substituents is 1. The van der Waals surface area contributed by atoms with E-state index in [0.717, 1.165) is 0 Å². The lowest BCUT2D eigenvalue weighted by Crippen LogP contribution is -2.14. The van der Waals surface area contributed by atoms with Crippen LogP contribution >= 0.6 is 34.8 Å². The second-order valence-corrected chi connectivity index (χ2v) is 8.27. The first-order valence-corrected chi connectivity index (χ1v) is 11.1. The lowest BCUT2D eigenvalue weighted by atomic mass is 10.2. The summed E-state index contributed by atoms with van der Waals surface area (Å²) >= 11 is 17.9. The summed E-state index contributed by atoms with van der Waals surface area (Å²) in [4.78, 5) is 23.5.